The maximum atomic E-state index is 11.5. The van der Waals surface area contributed by atoms with E-state index < -0.39 is 0 Å². The minimum absolute atomic E-state index is 0.250. The SMILES string of the molecule is Cc1c(OSI)cc(OSI)c(C=O)c1OCc1ccccn1. The number of halogens is 2. The summed E-state index contributed by atoms with van der Waals surface area (Å²) in [6.45, 7) is 2.09. The van der Waals surface area contributed by atoms with Crippen LogP contribution in [0.25, 0.3) is 0 Å². The van der Waals surface area contributed by atoms with Crippen LogP contribution in [0, 0.1) is 6.92 Å². The molecule has 0 amide bonds. The fourth-order valence-corrected chi connectivity index (χ4v) is 3.49. The average Bonchev–Trinajstić information content (AvgIpc) is 2.57. The van der Waals surface area contributed by atoms with Crippen LogP contribution in [0.1, 0.15) is 21.6 Å². The highest BCUT2D eigenvalue weighted by atomic mass is 127. The van der Waals surface area contributed by atoms with Gasteiger partial charge in [0.1, 0.15) is 42.1 Å². The maximum absolute atomic E-state index is 11.5. The molecule has 2 rings (SSSR count). The monoisotopic (exact) mass is 575 g/mol. The van der Waals surface area contributed by atoms with Gasteiger partial charge in [0.15, 0.2) is 12.0 Å². The molecule has 9 heteroatoms. The summed E-state index contributed by atoms with van der Waals surface area (Å²) in [5.41, 5.74) is 1.86. The largest absolute Gasteiger partial charge is 0.486 e. The average molecular weight is 575 g/mol. The number of carbonyl (C=O) groups is 1. The Morgan fingerprint density at radius 1 is 1.22 bits per heavy atom. The predicted molar refractivity (Wildman–Crippen MR) is 110 cm³/mol. The fourth-order valence-electron chi connectivity index (χ4n) is 1.88. The lowest BCUT2D eigenvalue weighted by Crippen LogP contribution is -2.04. The molecular formula is C14H11I2NO4S2. The zero-order valence-corrected chi connectivity index (χ0v) is 17.8. The number of benzene rings is 1. The molecule has 0 aliphatic rings. The first kappa shape index (κ1) is 18.9. The van der Waals surface area contributed by atoms with E-state index in [4.69, 9.17) is 13.1 Å². The number of pyridine rings is 1. The van der Waals surface area contributed by atoms with Gasteiger partial charge in [0.2, 0.25) is 0 Å². The Morgan fingerprint density at radius 2 is 1.96 bits per heavy atom. The molecule has 0 radical (unpaired) electrons. The van der Waals surface area contributed by atoms with Crippen LogP contribution in [0.3, 0.4) is 0 Å². The summed E-state index contributed by atoms with van der Waals surface area (Å²) in [5.74, 6) is 1.43. The topological polar surface area (TPSA) is 57.7 Å². The van der Waals surface area contributed by atoms with Crippen molar-refractivity contribution in [1.29, 1.82) is 0 Å². The van der Waals surface area contributed by atoms with Gasteiger partial charge in [-0.15, -0.1) is 0 Å². The minimum Gasteiger partial charge on any atom is -0.486 e. The molecule has 0 unspecified atom stereocenters. The summed E-state index contributed by atoms with van der Waals surface area (Å²) in [4.78, 5) is 15.7. The maximum Gasteiger partial charge on any atom is 0.157 e. The lowest BCUT2D eigenvalue weighted by atomic mass is 10.1. The first-order chi connectivity index (χ1) is 11.2. The molecule has 0 saturated carbocycles. The molecule has 0 bridgehead atoms. The second-order valence-corrected chi connectivity index (χ2v) is 7.00. The molecule has 0 saturated heterocycles. The van der Waals surface area contributed by atoms with Crippen molar-refractivity contribution < 1.29 is 17.9 Å². The molecular weight excluding hydrogens is 564 g/mol. The third-order valence-corrected chi connectivity index (χ3v) is 4.50. The van der Waals surface area contributed by atoms with Gasteiger partial charge in [0.25, 0.3) is 0 Å². The van der Waals surface area contributed by atoms with Gasteiger partial charge in [-0.25, -0.2) is 0 Å². The summed E-state index contributed by atoms with van der Waals surface area (Å²) < 4.78 is 16.8. The first-order valence-electron chi connectivity index (χ1n) is 6.27. The smallest absolute Gasteiger partial charge is 0.157 e. The van der Waals surface area contributed by atoms with Crippen LogP contribution < -0.4 is 13.1 Å². The van der Waals surface area contributed by atoms with Crippen LogP contribution in [-0.2, 0) is 6.61 Å². The van der Waals surface area contributed by atoms with E-state index in [0.29, 0.717) is 22.8 Å². The van der Waals surface area contributed by atoms with Crippen molar-refractivity contribution in [2.75, 3.05) is 0 Å². The Balaban J connectivity index is 2.39. The number of carbonyl (C=O) groups excluding carboxylic acids is 1. The number of nitrogens with zero attached hydrogens (tertiary/aromatic N) is 1. The van der Waals surface area contributed by atoms with E-state index in [1.165, 1.54) is 9.21 Å². The molecule has 1 heterocycles. The van der Waals surface area contributed by atoms with Gasteiger partial charge in [0, 0.05) is 60.2 Å². The summed E-state index contributed by atoms with van der Waals surface area (Å²) in [6.07, 6.45) is 2.42. The lowest BCUT2D eigenvalue weighted by Gasteiger charge is -2.16. The molecule has 1 aromatic heterocycles. The van der Waals surface area contributed by atoms with Crippen molar-refractivity contribution in [2.24, 2.45) is 0 Å². The zero-order valence-electron chi connectivity index (χ0n) is 11.8. The van der Waals surface area contributed by atoms with Crippen molar-refractivity contribution in [3.8, 4) is 17.2 Å². The van der Waals surface area contributed by atoms with Gasteiger partial charge in [-0.1, -0.05) is 6.07 Å². The molecule has 1 aromatic carbocycles. The van der Waals surface area contributed by atoms with Gasteiger partial charge in [-0.3, -0.25) is 9.78 Å². The zero-order chi connectivity index (χ0) is 16.7. The van der Waals surface area contributed by atoms with E-state index in [1.807, 2.05) is 67.5 Å². The molecule has 0 N–H and O–H groups in total. The molecule has 0 atom stereocenters. The van der Waals surface area contributed by atoms with E-state index in [0.717, 1.165) is 26.8 Å². The molecule has 5 nitrogen and oxygen atoms in total. The summed E-state index contributed by atoms with van der Waals surface area (Å²) in [6, 6.07) is 7.26. The second-order valence-electron chi connectivity index (χ2n) is 4.26. The summed E-state index contributed by atoms with van der Waals surface area (Å²) in [5, 5.41) is 0. The van der Waals surface area contributed by atoms with Crippen LogP contribution in [0.5, 0.6) is 17.2 Å². The van der Waals surface area contributed by atoms with E-state index in [-0.39, 0.29) is 6.61 Å². The van der Waals surface area contributed by atoms with E-state index in [2.05, 4.69) is 4.98 Å². The van der Waals surface area contributed by atoms with Crippen molar-refractivity contribution in [3.63, 3.8) is 0 Å². The van der Waals surface area contributed by atoms with Crippen LogP contribution >= 0.6 is 60.8 Å². The van der Waals surface area contributed by atoms with Gasteiger partial charge in [-0.2, -0.15) is 0 Å². The lowest BCUT2D eigenvalue weighted by molar-refractivity contribution is 0.111. The van der Waals surface area contributed by atoms with Crippen LogP contribution in [0.2, 0.25) is 0 Å². The summed E-state index contributed by atoms with van der Waals surface area (Å²) >= 11 is 4.02. The van der Waals surface area contributed by atoms with Crippen LogP contribution in [0.4, 0.5) is 0 Å². The van der Waals surface area contributed by atoms with Gasteiger partial charge in [0.05, 0.1) is 5.69 Å². The third-order valence-electron chi connectivity index (χ3n) is 2.93. The van der Waals surface area contributed by atoms with Gasteiger partial charge < -0.3 is 13.1 Å². The number of ether oxygens (including phenoxy) is 1. The number of rotatable bonds is 8. The molecule has 23 heavy (non-hydrogen) atoms. The molecule has 2 aromatic rings. The van der Waals surface area contributed by atoms with E-state index in [9.17, 15) is 4.79 Å². The quantitative estimate of drug-likeness (QED) is 0.233. The molecule has 0 spiro atoms. The predicted octanol–water partition coefficient (Wildman–Crippen LogP) is 5.54. The molecule has 122 valence electrons. The Hall–Kier alpha value is -0.400. The van der Waals surface area contributed by atoms with E-state index >= 15 is 0 Å². The Kier molecular flexibility index (Phi) is 8.06. The van der Waals surface area contributed by atoms with Crippen molar-refractivity contribution in [3.05, 3.63) is 47.3 Å². The summed E-state index contributed by atoms with van der Waals surface area (Å²) in [7, 11) is 2.30. The highest BCUT2D eigenvalue weighted by Gasteiger charge is 2.20. The fraction of sp³-hybridized carbons (Fsp3) is 0.143. The first-order valence-corrected chi connectivity index (χ1v) is 12.8. The Bertz CT molecular complexity index is 674. The molecule has 0 fully saturated rings. The second kappa shape index (κ2) is 9.79. The van der Waals surface area contributed by atoms with Crippen LogP contribution in [0.15, 0.2) is 30.5 Å². The van der Waals surface area contributed by atoms with Crippen molar-refractivity contribution >= 4 is 67.1 Å². The normalized spacial score (nSPS) is 10.2. The van der Waals surface area contributed by atoms with E-state index in [1.54, 1.807) is 12.3 Å². The van der Waals surface area contributed by atoms with Crippen molar-refractivity contribution in [2.45, 2.75) is 13.5 Å². The van der Waals surface area contributed by atoms with Gasteiger partial charge in [-0.05, 0) is 19.1 Å². The Labute approximate surface area is 166 Å². The standard InChI is InChI=1S/C14H11I2NO4S2/c1-9-12(20-22-15)6-13(21-23-16)11(7-18)14(9)19-8-10-4-2-3-5-17-10/h2-7H,8H2,1H3. The molecule has 0 aliphatic carbocycles. The number of hydrogen-bond acceptors (Lipinski definition) is 7. The Morgan fingerprint density at radius 3 is 2.57 bits per heavy atom. The van der Waals surface area contributed by atoms with Gasteiger partial charge >= 0.3 is 0 Å². The highest BCUT2D eigenvalue weighted by molar-refractivity contribution is 14.2. The number of hydrogen-bond donors (Lipinski definition) is 0. The van der Waals surface area contributed by atoms with Crippen molar-refractivity contribution in [1.82, 2.24) is 4.98 Å². The molecule has 0 aliphatic heterocycles. The van der Waals surface area contributed by atoms with Crippen LogP contribution in [-0.4, -0.2) is 11.3 Å². The number of aldehydes is 1. The number of aromatic nitrogens is 1. The third kappa shape index (κ3) is 5.03. The minimum atomic E-state index is 0.250. The highest BCUT2D eigenvalue weighted by Crippen LogP contribution is 2.41.